The maximum Gasteiger partial charge on any atom is 0.185 e. The number of carbonyl (C=O) groups excluding carboxylic acids is 1. The van der Waals surface area contributed by atoms with Crippen LogP contribution in [0, 0.1) is 34.6 Å². The molecule has 0 fully saturated rings. The molecule has 2 aromatic carbocycles. The number of ketones is 1. The predicted molar refractivity (Wildman–Crippen MR) is 70.8 cm³/mol. The number of hydrogen-bond acceptors (Lipinski definition) is 2. The number of allylic oxidation sites excluding steroid dienone is 1. The van der Waals surface area contributed by atoms with Crippen molar-refractivity contribution in [2.24, 2.45) is 0 Å². The molecule has 0 N–H and O–H groups in total. The molecule has 0 aromatic heterocycles. The Morgan fingerprint density at radius 3 is 2.00 bits per heavy atom. The molecule has 22 heavy (non-hydrogen) atoms. The van der Waals surface area contributed by atoms with Crippen LogP contribution >= 0.6 is 0 Å². The minimum Gasteiger partial charge on any atom is -0.289 e. The molecule has 6 heteroatoms. The van der Waals surface area contributed by atoms with E-state index < -0.39 is 40.2 Å². The van der Waals surface area contributed by atoms with Gasteiger partial charge in [0.05, 0.1) is 5.56 Å². The third kappa shape index (κ3) is 2.74. The van der Waals surface area contributed by atoms with Gasteiger partial charge in [0.1, 0.15) is 11.6 Å². The fraction of sp³-hybridized carbons (Fsp3) is 0. The molecular formula is C16H7F4NO. The summed E-state index contributed by atoms with van der Waals surface area (Å²) in [7, 11) is 0. The van der Waals surface area contributed by atoms with Gasteiger partial charge in [0.2, 0.25) is 0 Å². The van der Waals surface area contributed by atoms with E-state index in [4.69, 9.17) is 5.26 Å². The van der Waals surface area contributed by atoms with Gasteiger partial charge in [-0.3, -0.25) is 4.79 Å². The Morgan fingerprint density at radius 1 is 0.955 bits per heavy atom. The number of carbonyl (C=O) groups is 1. The van der Waals surface area contributed by atoms with Gasteiger partial charge in [0.15, 0.2) is 29.1 Å². The highest BCUT2D eigenvalue weighted by atomic mass is 19.2. The number of hydrogen-bond donors (Lipinski definition) is 0. The molecule has 110 valence electrons. The topological polar surface area (TPSA) is 40.9 Å². The Balaban J connectivity index is 2.45. The van der Waals surface area contributed by atoms with Gasteiger partial charge < -0.3 is 0 Å². The van der Waals surface area contributed by atoms with Crippen LogP contribution in [0.3, 0.4) is 0 Å². The van der Waals surface area contributed by atoms with Crippen molar-refractivity contribution in [3.8, 4) is 6.07 Å². The molecule has 0 spiro atoms. The van der Waals surface area contributed by atoms with Crippen LogP contribution in [-0.4, -0.2) is 5.78 Å². The highest BCUT2D eigenvalue weighted by Gasteiger charge is 2.24. The van der Waals surface area contributed by atoms with Gasteiger partial charge in [-0.1, -0.05) is 30.3 Å². The Kier molecular flexibility index (Phi) is 4.37. The quantitative estimate of drug-likeness (QED) is 0.372. The zero-order valence-corrected chi connectivity index (χ0v) is 10.9. The van der Waals surface area contributed by atoms with Gasteiger partial charge in [-0.15, -0.1) is 0 Å². The number of nitrogens with zero attached hydrogens (tertiary/aromatic N) is 1. The van der Waals surface area contributed by atoms with Crippen LogP contribution in [0.4, 0.5) is 17.6 Å². The molecular weight excluding hydrogens is 298 g/mol. The molecule has 0 aliphatic carbocycles. The highest BCUT2D eigenvalue weighted by Crippen LogP contribution is 2.24. The largest absolute Gasteiger partial charge is 0.289 e. The summed E-state index contributed by atoms with van der Waals surface area (Å²) in [5.74, 6) is -7.65. The van der Waals surface area contributed by atoms with Gasteiger partial charge in [-0.25, -0.2) is 17.6 Å². The minimum absolute atomic E-state index is 0.245. The molecule has 0 atom stereocenters. The monoisotopic (exact) mass is 305 g/mol. The van der Waals surface area contributed by atoms with Crippen LogP contribution in [0.1, 0.15) is 21.5 Å². The Bertz CT molecular complexity index is 778. The van der Waals surface area contributed by atoms with E-state index in [9.17, 15) is 22.4 Å². The van der Waals surface area contributed by atoms with E-state index in [1.165, 1.54) is 12.1 Å². The summed E-state index contributed by atoms with van der Waals surface area (Å²) < 4.78 is 54.2. The summed E-state index contributed by atoms with van der Waals surface area (Å²) >= 11 is 0. The lowest BCUT2D eigenvalue weighted by molar-refractivity contribution is 0.104. The van der Waals surface area contributed by atoms with Crippen molar-refractivity contribution in [3.63, 3.8) is 0 Å². The van der Waals surface area contributed by atoms with Gasteiger partial charge in [-0.05, 0) is 12.2 Å². The first-order valence-corrected chi connectivity index (χ1v) is 6.01. The normalized spacial score (nSPS) is 10.7. The molecule has 2 nitrogen and oxygen atoms in total. The number of halogens is 4. The van der Waals surface area contributed by atoms with Gasteiger partial charge >= 0.3 is 0 Å². The van der Waals surface area contributed by atoms with Crippen molar-refractivity contribution in [3.05, 3.63) is 76.4 Å². The highest BCUT2D eigenvalue weighted by molar-refractivity contribution is 6.06. The lowest BCUT2D eigenvalue weighted by atomic mass is 10.1. The van der Waals surface area contributed by atoms with Crippen LogP contribution in [0.2, 0.25) is 0 Å². The Morgan fingerprint density at radius 2 is 1.50 bits per heavy atom. The van der Waals surface area contributed by atoms with Crippen molar-refractivity contribution >= 4 is 11.9 Å². The first kappa shape index (κ1) is 15.4. The zero-order valence-electron chi connectivity index (χ0n) is 10.9. The molecule has 2 aromatic rings. The molecule has 0 saturated heterocycles. The SMILES string of the molecule is N#Cc1c(F)c(F)c(/C=C/C(=O)c2ccccc2)c(F)c1F. The van der Waals surface area contributed by atoms with Gasteiger partial charge in [0.25, 0.3) is 0 Å². The number of benzene rings is 2. The van der Waals surface area contributed by atoms with Crippen LogP contribution in [0.15, 0.2) is 36.4 Å². The second-order valence-electron chi connectivity index (χ2n) is 4.22. The predicted octanol–water partition coefficient (Wildman–Crippen LogP) is 4.01. The van der Waals surface area contributed by atoms with Crippen molar-refractivity contribution in [2.45, 2.75) is 0 Å². The maximum absolute atomic E-state index is 13.6. The molecule has 0 bridgehead atoms. The average molecular weight is 305 g/mol. The van der Waals surface area contributed by atoms with Crippen LogP contribution < -0.4 is 0 Å². The van der Waals surface area contributed by atoms with Crippen LogP contribution in [0.25, 0.3) is 6.08 Å². The Hall–Kier alpha value is -2.94. The average Bonchev–Trinajstić information content (AvgIpc) is 2.54. The van der Waals surface area contributed by atoms with Crippen LogP contribution in [0.5, 0.6) is 0 Å². The lowest BCUT2D eigenvalue weighted by Gasteiger charge is -2.04. The van der Waals surface area contributed by atoms with Crippen molar-refractivity contribution in [1.29, 1.82) is 5.26 Å². The number of rotatable bonds is 3. The fourth-order valence-electron chi connectivity index (χ4n) is 1.75. The summed E-state index contributed by atoms with van der Waals surface area (Å²) in [4.78, 5) is 11.8. The first-order valence-electron chi connectivity index (χ1n) is 6.01. The molecule has 0 aliphatic rings. The standard InChI is InChI=1S/C16H7F4NO/c17-13-10(14(18)16(20)11(8-21)15(13)19)6-7-12(22)9-4-2-1-3-5-9/h1-7H/b7-6+. The second kappa shape index (κ2) is 6.22. The van der Waals surface area contributed by atoms with E-state index in [-0.39, 0.29) is 5.56 Å². The van der Waals surface area contributed by atoms with E-state index >= 15 is 0 Å². The summed E-state index contributed by atoms with van der Waals surface area (Å²) in [5.41, 5.74) is -2.16. The summed E-state index contributed by atoms with van der Waals surface area (Å²) in [6, 6.07) is 8.83. The van der Waals surface area contributed by atoms with Crippen molar-refractivity contribution in [2.75, 3.05) is 0 Å². The molecule has 0 aliphatic heterocycles. The first-order chi connectivity index (χ1) is 10.5. The second-order valence-corrected chi connectivity index (χ2v) is 4.22. The molecule has 0 radical (unpaired) electrons. The molecule has 2 rings (SSSR count). The minimum atomic E-state index is -1.80. The van der Waals surface area contributed by atoms with E-state index in [0.29, 0.717) is 6.08 Å². The van der Waals surface area contributed by atoms with Gasteiger partial charge in [0, 0.05) is 5.56 Å². The third-order valence-electron chi connectivity index (χ3n) is 2.87. The van der Waals surface area contributed by atoms with E-state index in [1.54, 1.807) is 18.2 Å². The summed E-state index contributed by atoms with van der Waals surface area (Å²) in [5, 5.41) is 8.47. The maximum atomic E-state index is 13.6. The smallest absolute Gasteiger partial charge is 0.185 e. The number of nitriles is 1. The zero-order chi connectivity index (χ0) is 16.3. The van der Waals surface area contributed by atoms with Crippen molar-refractivity contribution in [1.82, 2.24) is 0 Å². The van der Waals surface area contributed by atoms with Crippen molar-refractivity contribution < 1.29 is 22.4 Å². The van der Waals surface area contributed by atoms with Gasteiger partial charge in [-0.2, -0.15) is 5.26 Å². The van der Waals surface area contributed by atoms with E-state index in [0.717, 1.165) is 12.1 Å². The van der Waals surface area contributed by atoms with Crippen LogP contribution in [-0.2, 0) is 0 Å². The lowest BCUT2D eigenvalue weighted by Crippen LogP contribution is -2.04. The Labute approximate surface area is 122 Å². The molecule has 0 amide bonds. The van der Waals surface area contributed by atoms with E-state index in [2.05, 4.69) is 0 Å². The summed E-state index contributed by atoms with van der Waals surface area (Å²) in [6.45, 7) is 0. The summed E-state index contributed by atoms with van der Waals surface area (Å²) in [6.07, 6.45) is 1.43. The molecule has 0 heterocycles. The van der Waals surface area contributed by atoms with E-state index in [1.807, 2.05) is 0 Å². The molecule has 0 unspecified atom stereocenters. The molecule has 0 saturated carbocycles. The third-order valence-corrected chi connectivity index (χ3v) is 2.87. The fourth-order valence-corrected chi connectivity index (χ4v) is 1.75.